The molecule has 0 atom stereocenters. The maximum atomic E-state index is 12.7. The van der Waals surface area contributed by atoms with E-state index >= 15 is 0 Å². The molecule has 0 radical (unpaired) electrons. The van der Waals surface area contributed by atoms with E-state index in [2.05, 4.69) is 10.1 Å². The fourth-order valence-electron chi connectivity index (χ4n) is 2.91. The number of benzene rings is 1. The molecule has 1 aromatic carbocycles. The fraction of sp³-hybridized carbons (Fsp3) is 0.222. The number of thiazole rings is 1. The third kappa shape index (κ3) is 3.11. The minimum atomic E-state index is -0.149. The molecular formula is C18H17N5O2S. The largest absolute Gasteiger partial charge is 0.327 e. The van der Waals surface area contributed by atoms with E-state index in [1.54, 1.807) is 33.1 Å². The van der Waals surface area contributed by atoms with Gasteiger partial charge in [-0.25, -0.2) is 4.98 Å². The average Bonchev–Trinajstić information content (AvgIpc) is 3.31. The summed E-state index contributed by atoms with van der Waals surface area (Å²) in [5, 5.41) is 4.90. The highest BCUT2D eigenvalue weighted by Crippen LogP contribution is 2.26. The van der Waals surface area contributed by atoms with Crippen LogP contribution < -0.4 is 4.90 Å². The molecule has 8 heteroatoms. The van der Waals surface area contributed by atoms with Gasteiger partial charge >= 0.3 is 0 Å². The van der Waals surface area contributed by atoms with Gasteiger partial charge in [-0.3, -0.25) is 14.3 Å². The number of rotatable bonds is 3. The van der Waals surface area contributed by atoms with Crippen LogP contribution in [-0.2, 0) is 11.8 Å². The summed E-state index contributed by atoms with van der Waals surface area (Å²) in [5.74, 6) is -0.255. The first-order chi connectivity index (χ1) is 12.6. The summed E-state index contributed by atoms with van der Waals surface area (Å²) in [4.78, 5) is 33.4. The van der Waals surface area contributed by atoms with E-state index in [9.17, 15) is 9.59 Å². The lowest BCUT2D eigenvalue weighted by Crippen LogP contribution is -2.52. The van der Waals surface area contributed by atoms with Crippen LogP contribution in [0.25, 0.3) is 10.6 Å². The van der Waals surface area contributed by atoms with E-state index in [1.165, 1.54) is 11.3 Å². The van der Waals surface area contributed by atoms with Crippen LogP contribution in [0.2, 0.25) is 0 Å². The Morgan fingerprint density at radius 1 is 1.15 bits per heavy atom. The third-order valence-corrected chi connectivity index (χ3v) is 5.28. The van der Waals surface area contributed by atoms with Crippen molar-refractivity contribution < 1.29 is 9.59 Å². The maximum Gasteiger partial charge on any atom is 0.266 e. The van der Waals surface area contributed by atoms with E-state index in [4.69, 9.17) is 0 Å². The number of carbonyl (C=O) groups excluding carboxylic acids is 2. The Morgan fingerprint density at radius 3 is 2.65 bits per heavy atom. The van der Waals surface area contributed by atoms with Gasteiger partial charge in [-0.1, -0.05) is 30.3 Å². The van der Waals surface area contributed by atoms with Crippen LogP contribution in [0.15, 0.2) is 48.9 Å². The van der Waals surface area contributed by atoms with Gasteiger partial charge in [-0.15, -0.1) is 11.3 Å². The van der Waals surface area contributed by atoms with Crippen molar-refractivity contribution in [3.05, 3.63) is 53.8 Å². The Bertz CT molecular complexity index is 949. The molecule has 1 aliphatic rings. The lowest BCUT2D eigenvalue weighted by Gasteiger charge is -2.33. The summed E-state index contributed by atoms with van der Waals surface area (Å²) in [7, 11) is 1.81. The molecule has 0 N–H and O–H groups in total. The number of carbonyl (C=O) groups is 2. The maximum absolute atomic E-state index is 12.7. The molecule has 26 heavy (non-hydrogen) atoms. The lowest BCUT2D eigenvalue weighted by molar-refractivity contribution is -0.120. The second-order valence-electron chi connectivity index (χ2n) is 6.04. The van der Waals surface area contributed by atoms with Crippen LogP contribution in [-0.4, -0.2) is 51.1 Å². The number of hydrogen-bond donors (Lipinski definition) is 0. The van der Waals surface area contributed by atoms with Gasteiger partial charge in [-0.2, -0.15) is 5.10 Å². The molecule has 0 saturated carbocycles. The highest BCUT2D eigenvalue weighted by atomic mass is 32.1. The standard InChI is InChI=1S/C18H17N5O2S/c1-21-11-14(9-20-21)23-8-7-22(12-16(23)24)18(25)15-10-19-17(26-15)13-5-3-2-4-6-13/h2-6,9-11H,7-8,12H2,1H3. The van der Waals surface area contributed by atoms with Gasteiger partial charge in [-0.05, 0) is 0 Å². The fourth-order valence-corrected chi connectivity index (χ4v) is 3.80. The Hall–Kier alpha value is -3.00. The van der Waals surface area contributed by atoms with E-state index in [-0.39, 0.29) is 18.4 Å². The van der Waals surface area contributed by atoms with E-state index in [0.29, 0.717) is 18.0 Å². The van der Waals surface area contributed by atoms with Crippen LogP contribution in [0.1, 0.15) is 9.67 Å². The minimum absolute atomic E-state index is 0.0618. The number of piperazine rings is 1. The Morgan fingerprint density at radius 2 is 1.96 bits per heavy atom. The second kappa shape index (κ2) is 6.72. The Labute approximate surface area is 154 Å². The van der Waals surface area contributed by atoms with Gasteiger partial charge in [0.1, 0.15) is 16.4 Å². The predicted octanol–water partition coefficient (Wildman–Crippen LogP) is 2.03. The van der Waals surface area contributed by atoms with E-state index < -0.39 is 0 Å². The molecule has 3 aromatic rings. The molecule has 4 rings (SSSR count). The first-order valence-corrected chi connectivity index (χ1v) is 9.03. The minimum Gasteiger partial charge on any atom is -0.327 e. The van der Waals surface area contributed by atoms with E-state index in [1.807, 2.05) is 37.4 Å². The van der Waals surface area contributed by atoms with Gasteiger partial charge in [0.05, 0.1) is 18.1 Å². The molecule has 1 saturated heterocycles. The highest BCUT2D eigenvalue weighted by molar-refractivity contribution is 7.16. The third-order valence-electron chi connectivity index (χ3n) is 4.25. The smallest absolute Gasteiger partial charge is 0.266 e. The van der Waals surface area contributed by atoms with Gasteiger partial charge in [0.15, 0.2) is 0 Å². The van der Waals surface area contributed by atoms with Crippen LogP contribution in [0.5, 0.6) is 0 Å². The highest BCUT2D eigenvalue weighted by Gasteiger charge is 2.30. The summed E-state index contributed by atoms with van der Waals surface area (Å²) >= 11 is 1.35. The number of amides is 2. The van der Waals surface area contributed by atoms with Crippen molar-refractivity contribution in [1.29, 1.82) is 0 Å². The van der Waals surface area contributed by atoms with Crippen molar-refractivity contribution in [2.45, 2.75) is 0 Å². The molecule has 1 fully saturated rings. The molecule has 7 nitrogen and oxygen atoms in total. The normalized spacial score (nSPS) is 14.7. The number of hydrogen-bond acceptors (Lipinski definition) is 5. The van der Waals surface area contributed by atoms with Crippen LogP contribution in [0.3, 0.4) is 0 Å². The zero-order chi connectivity index (χ0) is 18.1. The predicted molar refractivity (Wildman–Crippen MR) is 99.0 cm³/mol. The van der Waals surface area contributed by atoms with Crippen molar-refractivity contribution >= 4 is 28.8 Å². The molecule has 132 valence electrons. The van der Waals surface area contributed by atoms with Crippen molar-refractivity contribution in [1.82, 2.24) is 19.7 Å². The molecule has 2 aromatic heterocycles. The van der Waals surface area contributed by atoms with Crippen molar-refractivity contribution in [3.63, 3.8) is 0 Å². The zero-order valence-electron chi connectivity index (χ0n) is 14.2. The van der Waals surface area contributed by atoms with Crippen LogP contribution >= 0.6 is 11.3 Å². The van der Waals surface area contributed by atoms with Crippen LogP contribution in [0.4, 0.5) is 5.69 Å². The second-order valence-corrected chi connectivity index (χ2v) is 7.07. The molecule has 3 heterocycles. The summed E-state index contributed by atoms with van der Waals surface area (Å²) < 4.78 is 1.66. The van der Waals surface area contributed by atoms with Crippen LogP contribution in [0, 0.1) is 0 Å². The van der Waals surface area contributed by atoms with Crippen molar-refractivity contribution in [2.75, 3.05) is 24.5 Å². The molecule has 1 aliphatic heterocycles. The Kier molecular flexibility index (Phi) is 4.26. The quantitative estimate of drug-likeness (QED) is 0.710. The summed E-state index contributed by atoms with van der Waals surface area (Å²) in [6.07, 6.45) is 5.04. The molecule has 0 aliphatic carbocycles. The van der Waals surface area contributed by atoms with Gasteiger partial charge in [0.2, 0.25) is 5.91 Å². The van der Waals surface area contributed by atoms with Gasteiger partial charge < -0.3 is 9.80 Å². The summed E-state index contributed by atoms with van der Waals surface area (Å²) in [6, 6.07) is 9.74. The summed E-state index contributed by atoms with van der Waals surface area (Å²) in [5.41, 5.74) is 1.74. The number of anilines is 1. The number of nitrogens with zero attached hydrogens (tertiary/aromatic N) is 5. The molecule has 2 amide bonds. The van der Waals surface area contributed by atoms with Gasteiger partial charge in [0.25, 0.3) is 5.91 Å². The monoisotopic (exact) mass is 367 g/mol. The van der Waals surface area contributed by atoms with E-state index in [0.717, 1.165) is 16.3 Å². The molecular weight excluding hydrogens is 350 g/mol. The first-order valence-electron chi connectivity index (χ1n) is 8.21. The average molecular weight is 367 g/mol. The molecule has 0 spiro atoms. The lowest BCUT2D eigenvalue weighted by atomic mass is 10.2. The molecule has 0 bridgehead atoms. The first kappa shape index (κ1) is 16.5. The van der Waals surface area contributed by atoms with Crippen molar-refractivity contribution in [3.8, 4) is 10.6 Å². The van der Waals surface area contributed by atoms with Gasteiger partial charge in [0, 0.05) is 31.9 Å². The topological polar surface area (TPSA) is 71.3 Å². The summed E-state index contributed by atoms with van der Waals surface area (Å²) in [6.45, 7) is 1.00. The SMILES string of the molecule is Cn1cc(N2CCN(C(=O)c3cnc(-c4ccccc4)s3)CC2=O)cn1. The number of aromatic nitrogens is 3. The Balaban J connectivity index is 1.47. The zero-order valence-corrected chi connectivity index (χ0v) is 15.0. The number of aryl methyl sites for hydroxylation is 1. The van der Waals surface area contributed by atoms with Crippen molar-refractivity contribution in [2.24, 2.45) is 7.05 Å². The molecule has 0 unspecified atom stereocenters.